The number of phenolic OH excluding ortho intramolecular Hbond substituents is 2. The van der Waals surface area contributed by atoms with E-state index in [0.29, 0.717) is 10.0 Å². The van der Waals surface area contributed by atoms with Crippen LogP contribution >= 0.6 is 0 Å². The number of carbonyl (C=O) groups is 6. The van der Waals surface area contributed by atoms with Gasteiger partial charge >= 0.3 is 0 Å². The van der Waals surface area contributed by atoms with Gasteiger partial charge in [0.05, 0.1) is 33.4 Å². The lowest BCUT2D eigenvalue weighted by molar-refractivity contribution is 0.0512. The van der Waals surface area contributed by atoms with Gasteiger partial charge in [0.1, 0.15) is 23.0 Å². The van der Waals surface area contributed by atoms with E-state index < -0.39 is 35.4 Å². The number of phenols is 2. The van der Waals surface area contributed by atoms with Crippen LogP contribution in [0.15, 0.2) is 84.9 Å². The molecule has 6 rings (SSSR count). The lowest BCUT2D eigenvalue weighted by Crippen LogP contribution is -2.45. The Hall–Kier alpha value is -6.50. The number of fused-ring (bicyclic) bond motifs is 2. The number of aromatic hydroxyl groups is 2. The summed E-state index contributed by atoms with van der Waals surface area (Å²) in [5, 5.41) is 20.9. The van der Waals surface area contributed by atoms with Crippen molar-refractivity contribution in [3.05, 3.63) is 118 Å². The summed E-state index contributed by atoms with van der Waals surface area (Å²) in [6.07, 6.45) is 0. The number of ether oxygens (including phenoxy) is 1. The molecule has 0 spiro atoms. The number of nitrogens with zero attached hydrogens (tertiary/aromatic N) is 2. The molecule has 0 saturated carbocycles. The summed E-state index contributed by atoms with van der Waals surface area (Å²) >= 11 is 0. The minimum atomic E-state index is -0.868. The van der Waals surface area contributed by atoms with E-state index in [1.807, 2.05) is 0 Å². The van der Waals surface area contributed by atoms with Crippen LogP contribution in [-0.4, -0.2) is 55.7 Å². The first-order valence-electron chi connectivity index (χ1n) is 12.6. The van der Waals surface area contributed by atoms with Crippen LogP contribution in [0.3, 0.4) is 0 Å². The number of hydrazine groups is 2. The van der Waals surface area contributed by atoms with Crippen LogP contribution in [0.1, 0.15) is 62.1 Å². The van der Waals surface area contributed by atoms with Gasteiger partial charge in [-0.1, -0.05) is 24.3 Å². The smallest absolute Gasteiger partial charge is 0.280 e. The average Bonchev–Trinajstić information content (AvgIpc) is 3.37. The molecule has 0 saturated heterocycles. The maximum Gasteiger partial charge on any atom is 0.280 e. The zero-order chi connectivity index (χ0) is 30.4. The van der Waals surface area contributed by atoms with E-state index in [-0.39, 0.29) is 56.4 Å². The third-order valence-electron chi connectivity index (χ3n) is 6.68. The number of hydrogen-bond donors (Lipinski definition) is 4. The van der Waals surface area contributed by atoms with Crippen molar-refractivity contribution >= 4 is 35.4 Å². The number of amides is 6. The quantitative estimate of drug-likeness (QED) is 0.250. The number of hydrogen-bond acceptors (Lipinski definition) is 9. The van der Waals surface area contributed by atoms with Crippen LogP contribution in [0.25, 0.3) is 0 Å². The molecule has 2 aliphatic heterocycles. The molecular formula is C30H18N4O9. The lowest BCUT2D eigenvalue weighted by Gasteiger charge is -2.15. The van der Waals surface area contributed by atoms with Crippen molar-refractivity contribution in [1.29, 1.82) is 0 Å². The Labute approximate surface area is 241 Å². The monoisotopic (exact) mass is 578 g/mol. The van der Waals surface area contributed by atoms with Gasteiger partial charge in [0.2, 0.25) is 0 Å². The molecule has 0 bridgehead atoms. The maximum atomic E-state index is 13.0. The third kappa shape index (κ3) is 4.56. The summed E-state index contributed by atoms with van der Waals surface area (Å²) in [5.74, 6) is -5.43. The summed E-state index contributed by atoms with van der Waals surface area (Å²) in [6.45, 7) is 0. The number of para-hydroxylation sites is 2. The molecule has 4 N–H and O–H groups in total. The summed E-state index contributed by atoms with van der Waals surface area (Å²) < 4.78 is 5.79. The van der Waals surface area contributed by atoms with Gasteiger partial charge in [-0.3, -0.25) is 39.6 Å². The molecule has 13 nitrogen and oxygen atoms in total. The predicted octanol–water partition coefficient (Wildman–Crippen LogP) is 2.77. The van der Waals surface area contributed by atoms with E-state index >= 15 is 0 Å². The van der Waals surface area contributed by atoms with E-state index in [2.05, 4.69) is 10.9 Å². The highest BCUT2D eigenvalue weighted by atomic mass is 16.5. The minimum absolute atomic E-state index is 0.000461. The molecule has 0 aromatic heterocycles. The molecule has 0 atom stereocenters. The fourth-order valence-electron chi connectivity index (χ4n) is 4.56. The third-order valence-corrected chi connectivity index (χ3v) is 6.68. The maximum absolute atomic E-state index is 13.0. The standard InChI is InChI=1S/C30H18N4O9/c35-23-7-3-1-5-19(23)25(37)31-33-27(39)17-11-9-15(13-21(17)29(33)41)43-16-10-12-18-22(14-16)30(42)34(28(18)40)32-26(38)20-6-2-4-8-24(20)36/h1-14,35-36H,(H,31,37)(H,32,38). The van der Waals surface area contributed by atoms with Gasteiger partial charge in [0.25, 0.3) is 35.4 Å². The Kier molecular flexibility index (Phi) is 6.31. The Balaban J connectivity index is 1.18. The molecule has 0 unspecified atom stereocenters. The number of benzene rings is 4. The molecule has 2 heterocycles. The van der Waals surface area contributed by atoms with Gasteiger partial charge in [0.15, 0.2) is 0 Å². The zero-order valence-corrected chi connectivity index (χ0v) is 21.7. The van der Waals surface area contributed by atoms with Crippen LogP contribution in [-0.2, 0) is 0 Å². The number of rotatable bonds is 6. The van der Waals surface area contributed by atoms with Crippen molar-refractivity contribution in [2.24, 2.45) is 0 Å². The van der Waals surface area contributed by atoms with Crippen molar-refractivity contribution in [3.8, 4) is 23.0 Å². The molecule has 4 aromatic carbocycles. The predicted molar refractivity (Wildman–Crippen MR) is 145 cm³/mol. The van der Waals surface area contributed by atoms with Crippen LogP contribution in [0.5, 0.6) is 23.0 Å². The second-order valence-electron chi connectivity index (χ2n) is 9.32. The number of imide groups is 2. The molecule has 0 aliphatic carbocycles. The summed E-state index contributed by atoms with van der Waals surface area (Å²) in [6, 6.07) is 19.3. The van der Waals surface area contributed by atoms with Gasteiger partial charge < -0.3 is 14.9 Å². The first kappa shape index (κ1) is 26.7. The second kappa shape index (κ2) is 10.2. The number of nitrogens with one attached hydrogen (secondary N) is 2. The molecule has 13 heteroatoms. The van der Waals surface area contributed by atoms with Crippen molar-refractivity contribution in [2.75, 3.05) is 0 Å². The summed E-state index contributed by atoms with van der Waals surface area (Å²) in [7, 11) is 0. The highest BCUT2D eigenvalue weighted by Gasteiger charge is 2.39. The van der Waals surface area contributed by atoms with Crippen LogP contribution < -0.4 is 15.6 Å². The molecule has 2 aliphatic rings. The van der Waals surface area contributed by atoms with Gasteiger partial charge in [0, 0.05) is 0 Å². The largest absolute Gasteiger partial charge is 0.507 e. The van der Waals surface area contributed by atoms with Crippen molar-refractivity contribution in [1.82, 2.24) is 20.9 Å². The van der Waals surface area contributed by atoms with Crippen LogP contribution in [0.2, 0.25) is 0 Å². The van der Waals surface area contributed by atoms with Crippen LogP contribution in [0.4, 0.5) is 0 Å². The fourth-order valence-corrected chi connectivity index (χ4v) is 4.56. The fraction of sp³-hybridized carbons (Fsp3) is 0. The van der Waals surface area contributed by atoms with E-state index in [1.54, 1.807) is 0 Å². The van der Waals surface area contributed by atoms with Gasteiger partial charge in [-0.2, -0.15) is 10.0 Å². The van der Waals surface area contributed by atoms with E-state index in [9.17, 15) is 39.0 Å². The van der Waals surface area contributed by atoms with E-state index in [1.165, 1.54) is 84.9 Å². The molecule has 4 aromatic rings. The van der Waals surface area contributed by atoms with Gasteiger partial charge in [-0.25, -0.2) is 0 Å². The summed E-state index contributed by atoms with van der Waals surface area (Å²) in [5.41, 5.74) is 4.00. The van der Waals surface area contributed by atoms with Crippen molar-refractivity contribution < 1.29 is 43.7 Å². The lowest BCUT2D eigenvalue weighted by atomic mass is 10.1. The second-order valence-corrected chi connectivity index (χ2v) is 9.32. The van der Waals surface area contributed by atoms with Gasteiger partial charge in [-0.05, 0) is 60.7 Å². The Morgan fingerprint density at radius 2 is 0.907 bits per heavy atom. The first-order chi connectivity index (χ1) is 20.6. The highest BCUT2D eigenvalue weighted by Crippen LogP contribution is 2.32. The molecule has 0 radical (unpaired) electrons. The molecule has 43 heavy (non-hydrogen) atoms. The topological polar surface area (TPSA) is 183 Å². The highest BCUT2D eigenvalue weighted by molar-refractivity contribution is 6.23. The number of carbonyl (C=O) groups excluding carboxylic acids is 6. The summed E-state index contributed by atoms with van der Waals surface area (Å²) in [4.78, 5) is 76.7. The SMILES string of the molecule is O=C(NN1C(=O)c2ccc(Oc3ccc4c(c3)C(=O)N(NC(=O)c3ccccc3O)C4=O)cc2C1=O)c1ccccc1O. The molecule has 6 amide bonds. The van der Waals surface area contributed by atoms with Crippen molar-refractivity contribution in [3.63, 3.8) is 0 Å². The average molecular weight is 578 g/mol. The van der Waals surface area contributed by atoms with E-state index in [0.717, 1.165) is 0 Å². The Morgan fingerprint density at radius 3 is 1.30 bits per heavy atom. The Bertz CT molecular complexity index is 1780. The molecule has 0 fully saturated rings. The normalized spacial score (nSPS) is 13.6. The van der Waals surface area contributed by atoms with Gasteiger partial charge in [-0.15, -0.1) is 0 Å². The van der Waals surface area contributed by atoms with Crippen molar-refractivity contribution in [2.45, 2.75) is 0 Å². The van der Waals surface area contributed by atoms with Crippen LogP contribution in [0, 0.1) is 0 Å². The minimum Gasteiger partial charge on any atom is -0.507 e. The first-order valence-corrected chi connectivity index (χ1v) is 12.6. The molecule has 212 valence electrons. The van der Waals surface area contributed by atoms with E-state index in [4.69, 9.17) is 4.74 Å². The molecular weight excluding hydrogens is 560 g/mol. The Morgan fingerprint density at radius 1 is 0.535 bits per heavy atom. The zero-order valence-electron chi connectivity index (χ0n) is 21.7.